The van der Waals surface area contributed by atoms with E-state index in [-0.39, 0.29) is 16.9 Å². The highest BCUT2D eigenvalue weighted by Gasteiger charge is 2.23. The molecule has 0 bridgehead atoms. The molecule has 0 fully saturated rings. The van der Waals surface area contributed by atoms with Crippen molar-refractivity contribution in [2.24, 2.45) is 0 Å². The van der Waals surface area contributed by atoms with E-state index < -0.39 is 17.4 Å². The van der Waals surface area contributed by atoms with Gasteiger partial charge in [-0.3, -0.25) is 9.59 Å². The highest BCUT2D eigenvalue weighted by Crippen LogP contribution is 2.33. The van der Waals surface area contributed by atoms with Gasteiger partial charge in [0.05, 0.1) is 12.5 Å². The summed E-state index contributed by atoms with van der Waals surface area (Å²) in [5.74, 6) is 0.400. The number of fused-ring (bicyclic) bond motifs is 1. The summed E-state index contributed by atoms with van der Waals surface area (Å²) in [5, 5.41) is 3.42. The van der Waals surface area contributed by atoms with E-state index in [1.165, 1.54) is 6.07 Å². The molecule has 3 aromatic carbocycles. The molecule has 1 N–H and O–H groups in total. The topological polar surface area (TPSA) is 77.8 Å². The maximum Gasteiger partial charge on any atom is 0.265 e. The lowest BCUT2D eigenvalue weighted by Gasteiger charge is -2.17. The summed E-state index contributed by atoms with van der Waals surface area (Å²) >= 11 is 6.08. The number of para-hydroxylation sites is 1. The summed E-state index contributed by atoms with van der Waals surface area (Å²) in [6, 6.07) is 20.8. The van der Waals surface area contributed by atoms with Crippen molar-refractivity contribution in [3.63, 3.8) is 0 Å². The van der Waals surface area contributed by atoms with Crippen LogP contribution in [0.15, 0.2) is 82.0 Å². The molecule has 0 aliphatic heterocycles. The van der Waals surface area contributed by atoms with E-state index in [0.717, 1.165) is 0 Å². The van der Waals surface area contributed by atoms with E-state index in [1.807, 2.05) is 18.2 Å². The number of anilines is 1. The molecule has 4 rings (SSSR count). The van der Waals surface area contributed by atoms with Gasteiger partial charge in [0, 0.05) is 16.3 Å². The van der Waals surface area contributed by atoms with Crippen molar-refractivity contribution in [2.45, 2.75) is 13.0 Å². The quantitative estimate of drug-likeness (QED) is 0.419. The number of methoxy groups -OCH3 is 1. The van der Waals surface area contributed by atoms with Crippen molar-refractivity contribution in [1.82, 2.24) is 0 Å². The zero-order valence-corrected chi connectivity index (χ0v) is 18.2. The van der Waals surface area contributed by atoms with Crippen LogP contribution in [0.4, 0.5) is 5.69 Å². The third-order valence-corrected chi connectivity index (χ3v) is 5.10. The van der Waals surface area contributed by atoms with Crippen molar-refractivity contribution in [3.05, 3.63) is 88.0 Å². The van der Waals surface area contributed by atoms with Crippen LogP contribution in [0.5, 0.6) is 11.5 Å². The van der Waals surface area contributed by atoms with Crippen LogP contribution in [0.2, 0.25) is 5.02 Å². The fourth-order valence-electron chi connectivity index (χ4n) is 3.19. The molecule has 0 aliphatic rings. The van der Waals surface area contributed by atoms with Crippen LogP contribution in [0.3, 0.4) is 0 Å². The van der Waals surface area contributed by atoms with Gasteiger partial charge in [0.2, 0.25) is 11.2 Å². The molecule has 1 atom stereocenters. The Labute approximate surface area is 189 Å². The van der Waals surface area contributed by atoms with Gasteiger partial charge >= 0.3 is 0 Å². The minimum Gasteiger partial charge on any atom is -0.497 e. The molecule has 6 nitrogen and oxygen atoms in total. The molecular formula is C25H20ClNO5. The smallest absolute Gasteiger partial charge is 0.265 e. The van der Waals surface area contributed by atoms with Gasteiger partial charge in [-0.2, -0.15) is 0 Å². The number of benzene rings is 3. The van der Waals surface area contributed by atoms with E-state index in [4.69, 9.17) is 25.5 Å². The SMILES string of the molecule is COc1ccc(-c2oc3ccc(Cl)cc3c(=O)c2OC(C)C(=O)Nc2ccccc2)cc1. The maximum atomic E-state index is 13.3. The molecule has 0 saturated heterocycles. The first-order chi connectivity index (χ1) is 15.5. The first-order valence-corrected chi connectivity index (χ1v) is 10.3. The Kier molecular flexibility index (Phi) is 6.14. The Bertz CT molecular complexity index is 1320. The summed E-state index contributed by atoms with van der Waals surface area (Å²) in [6.07, 6.45) is -0.966. The van der Waals surface area contributed by atoms with E-state index in [2.05, 4.69) is 5.32 Å². The Hall–Kier alpha value is -3.77. The van der Waals surface area contributed by atoms with Crippen molar-refractivity contribution < 1.29 is 18.7 Å². The van der Waals surface area contributed by atoms with Gasteiger partial charge in [-0.05, 0) is 61.5 Å². The van der Waals surface area contributed by atoms with Crippen molar-refractivity contribution in [1.29, 1.82) is 0 Å². The van der Waals surface area contributed by atoms with Gasteiger partial charge in [-0.25, -0.2) is 0 Å². The van der Waals surface area contributed by atoms with Crippen LogP contribution in [-0.2, 0) is 4.79 Å². The van der Waals surface area contributed by atoms with Gasteiger partial charge < -0.3 is 19.2 Å². The third kappa shape index (κ3) is 4.45. The molecule has 1 amide bonds. The first kappa shape index (κ1) is 21.5. The normalized spacial score (nSPS) is 11.7. The average Bonchev–Trinajstić information content (AvgIpc) is 2.81. The molecule has 1 heterocycles. The van der Waals surface area contributed by atoms with Crippen molar-refractivity contribution in [3.8, 4) is 22.8 Å². The second kappa shape index (κ2) is 9.16. The lowest BCUT2D eigenvalue weighted by atomic mass is 10.1. The van der Waals surface area contributed by atoms with Crippen LogP contribution >= 0.6 is 11.6 Å². The third-order valence-electron chi connectivity index (χ3n) is 4.87. The molecule has 0 radical (unpaired) electrons. The summed E-state index contributed by atoms with van der Waals surface area (Å²) in [4.78, 5) is 26.0. The molecule has 7 heteroatoms. The fraction of sp³-hybridized carbons (Fsp3) is 0.120. The van der Waals surface area contributed by atoms with E-state index in [1.54, 1.807) is 62.6 Å². The number of halogens is 1. The molecule has 0 aliphatic carbocycles. The molecular weight excluding hydrogens is 430 g/mol. The predicted octanol–water partition coefficient (Wildman–Crippen LogP) is 5.53. The number of carbonyl (C=O) groups excluding carboxylic acids is 1. The number of amides is 1. The number of carbonyl (C=O) groups is 1. The minimum absolute atomic E-state index is 0.0688. The summed E-state index contributed by atoms with van der Waals surface area (Å²) in [6.45, 7) is 1.57. The van der Waals surface area contributed by atoms with E-state index in [0.29, 0.717) is 27.6 Å². The zero-order chi connectivity index (χ0) is 22.7. The molecule has 0 saturated carbocycles. The number of ether oxygens (including phenoxy) is 2. The Morgan fingerprint density at radius 2 is 1.75 bits per heavy atom. The van der Waals surface area contributed by atoms with Crippen molar-refractivity contribution >= 4 is 34.2 Å². The molecule has 162 valence electrons. The minimum atomic E-state index is -0.966. The van der Waals surface area contributed by atoms with Crippen LogP contribution in [-0.4, -0.2) is 19.1 Å². The molecule has 1 unspecified atom stereocenters. The van der Waals surface area contributed by atoms with Crippen LogP contribution in [0.1, 0.15) is 6.92 Å². The van der Waals surface area contributed by atoms with Gasteiger partial charge in [0.15, 0.2) is 11.9 Å². The lowest BCUT2D eigenvalue weighted by Crippen LogP contribution is -2.31. The second-order valence-corrected chi connectivity index (χ2v) is 7.51. The van der Waals surface area contributed by atoms with Gasteiger partial charge in [-0.15, -0.1) is 0 Å². The van der Waals surface area contributed by atoms with Gasteiger partial charge in [0.25, 0.3) is 5.91 Å². The zero-order valence-electron chi connectivity index (χ0n) is 17.4. The predicted molar refractivity (Wildman–Crippen MR) is 125 cm³/mol. The summed E-state index contributed by atoms with van der Waals surface area (Å²) in [7, 11) is 1.57. The first-order valence-electron chi connectivity index (χ1n) is 9.89. The average molecular weight is 450 g/mol. The standard InChI is InChI=1S/C25H20ClNO5/c1-15(25(29)27-18-6-4-3-5-7-18)31-24-22(28)20-14-17(26)10-13-21(20)32-23(24)16-8-11-19(30-2)12-9-16/h3-15H,1-2H3,(H,27,29). The molecule has 0 spiro atoms. The largest absolute Gasteiger partial charge is 0.497 e. The van der Waals surface area contributed by atoms with E-state index in [9.17, 15) is 9.59 Å². The highest BCUT2D eigenvalue weighted by atomic mass is 35.5. The summed E-state index contributed by atoms with van der Waals surface area (Å²) < 4.78 is 17.1. The van der Waals surface area contributed by atoms with Crippen LogP contribution in [0, 0.1) is 0 Å². The second-order valence-electron chi connectivity index (χ2n) is 7.07. The monoisotopic (exact) mass is 449 g/mol. The molecule has 32 heavy (non-hydrogen) atoms. The lowest BCUT2D eigenvalue weighted by molar-refractivity contribution is -0.122. The highest BCUT2D eigenvalue weighted by molar-refractivity contribution is 6.31. The number of rotatable bonds is 6. The number of hydrogen-bond acceptors (Lipinski definition) is 5. The molecule has 4 aromatic rings. The van der Waals surface area contributed by atoms with E-state index >= 15 is 0 Å². The van der Waals surface area contributed by atoms with Crippen molar-refractivity contribution in [2.75, 3.05) is 12.4 Å². The number of nitrogens with one attached hydrogen (secondary N) is 1. The van der Waals surface area contributed by atoms with Crippen LogP contribution in [0.25, 0.3) is 22.3 Å². The van der Waals surface area contributed by atoms with Crippen LogP contribution < -0.4 is 20.2 Å². The maximum absolute atomic E-state index is 13.3. The Balaban J connectivity index is 1.76. The Morgan fingerprint density at radius 1 is 1.03 bits per heavy atom. The Morgan fingerprint density at radius 3 is 2.44 bits per heavy atom. The number of hydrogen-bond donors (Lipinski definition) is 1. The molecule has 1 aromatic heterocycles. The van der Waals surface area contributed by atoms with Gasteiger partial charge in [-0.1, -0.05) is 29.8 Å². The summed E-state index contributed by atoms with van der Waals surface area (Å²) in [5.41, 5.74) is 1.17. The van der Waals surface area contributed by atoms with Gasteiger partial charge in [0.1, 0.15) is 11.3 Å². The fourth-order valence-corrected chi connectivity index (χ4v) is 3.36.